The average Bonchev–Trinajstić information content (AvgIpc) is 2.60. The molecule has 1 amide bonds. The van der Waals surface area contributed by atoms with Gasteiger partial charge in [-0.25, -0.2) is 14.7 Å². The Labute approximate surface area is 139 Å². The number of carbonyl (C=O) groups is 2. The van der Waals surface area contributed by atoms with Crippen LogP contribution in [0.5, 0.6) is 0 Å². The number of ether oxygens (including phenoxy) is 1. The Kier molecular flexibility index (Phi) is 6.03. The third-order valence-electron chi connectivity index (χ3n) is 3.59. The first-order valence-corrected chi connectivity index (χ1v) is 7.30. The van der Waals surface area contributed by atoms with Crippen molar-refractivity contribution in [2.24, 2.45) is 0 Å². The maximum absolute atomic E-state index is 13.2. The van der Waals surface area contributed by atoms with Gasteiger partial charge in [0, 0.05) is 12.3 Å². The highest BCUT2D eigenvalue weighted by Gasteiger charge is 2.20. The molecule has 0 fully saturated rings. The van der Waals surface area contributed by atoms with Crippen LogP contribution in [-0.2, 0) is 14.4 Å². The van der Waals surface area contributed by atoms with E-state index in [-0.39, 0.29) is 24.1 Å². The first-order valence-electron chi connectivity index (χ1n) is 7.30. The number of halogens is 1. The topological polar surface area (TPSA) is 64.6 Å². The number of methoxy groups -OCH3 is 1. The molecule has 0 spiro atoms. The molecule has 1 N–H and O–H groups in total. The zero-order chi connectivity index (χ0) is 17.5. The molecule has 1 atom stereocenters. The molecule has 0 aliphatic carbocycles. The van der Waals surface area contributed by atoms with Crippen LogP contribution in [0.25, 0.3) is 0 Å². The van der Waals surface area contributed by atoms with Crippen molar-refractivity contribution in [1.82, 2.24) is 5.48 Å². The summed E-state index contributed by atoms with van der Waals surface area (Å²) in [5, 5.41) is 0. The molecule has 0 radical (unpaired) electrons. The SMILES string of the molecule is CONC(=O)CC(c1ccc(F)cc1)c1cccc(C(=O)OC)c1. The number of amides is 1. The van der Waals surface area contributed by atoms with Crippen LogP contribution in [0.1, 0.15) is 33.8 Å². The number of carbonyl (C=O) groups excluding carboxylic acids is 2. The van der Waals surface area contributed by atoms with E-state index >= 15 is 0 Å². The third-order valence-corrected chi connectivity index (χ3v) is 3.59. The molecule has 0 aliphatic heterocycles. The highest BCUT2D eigenvalue weighted by atomic mass is 19.1. The lowest BCUT2D eigenvalue weighted by Gasteiger charge is -2.18. The lowest BCUT2D eigenvalue weighted by molar-refractivity contribution is -0.131. The van der Waals surface area contributed by atoms with Gasteiger partial charge in [-0.05, 0) is 35.4 Å². The number of benzene rings is 2. The van der Waals surface area contributed by atoms with Crippen LogP contribution in [-0.4, -0.2) is 26.1 Å². The van der Waals surface area contributed by atoms with Crippen LogP contribution in [0.3, 0.4) is 0 Å². The minimum Gasteiger partial charge on any atom is -0.465 e. The Balaban J connectivity index is 2.39. The van der Waals surface area contributed by atoms with Crippen LogP contribution in [0.4, 0.5) is 4.39 Å². The first-order chi connectivity index (χ1) is 11.5. The number of hydrogen-bond donors (Lipinski definition) is 1. The van der Waals surface area contributed by atoms with Crippen LogP contribution < -0.4 is 5.48 Å². The van der Waals surface area contributed by atoms with Crippen molar-refractivity contribution in [3.8, 4) is 0 Å². The Morgan fingerprint density at radius 1 is 1.08 bits per heavy atom. The van der Waals surface area contributed by atoms with Gasteiger partial charge in [-0.2, -0.15) is 0 Å². The molecule has 6 heteroatoms. The van der Waals surface area contributed by atoms with E-state index in [0.29, 0.717) is 5.56 Å². The number of hydrogen-bond acceptors (Lipinski definition) is 4. The number of hydroxylamine groups is 1. The Bertz CT molecular complexity index is 715. The van der Waals surface area contributed by atoms with E-state index in [2.05, 4.69) is 10.3 Å². The van der Waals surface area contributed by atoms with Crippen molar-refractivity contribution < 1.29 is 23.6 Å². The summed E-state index contributed by atoms with van der Waals surface area (Å²) < 4.78 is 17.9. The second kappa shape index (κ2) is 8.21. The molecule has 0 saturated carbocycles. The van der Waals surface area contributed by atoms with E-state index in [1.54, 1.807) is 36.4 Å². The molecule has 24 heavy (non-hydrogen) atoms. The minimum absolute atomic E-state index is 0.0874. The molecule has 2 aromatic rings. The minimum atomic E-state index is -0.462. The van der Waals surface area contributed by atoms with Crippen LogP contribution in [0.2, 0.25) is 0 Å². The van der Waals surface area contributed by atoms with Gasteiger partial charge in [0.2, 0.25) is 5.91 Å². The van der Waals surface area contributed by atoms with Crippen molar-refractivity contribution in [2.45, 2.75) is 12.3 Å². The quantitative estimate of drug-likeness (QED) is 0.653. The molecular formula is C18H18FNO4. The molecule has 0 aromatic heterocycles. The van der Waals surface area contributed by atoms with Gasteiger partial charge in [0.1, 0.15) is 5.82 Å². The largest absolute Gasteiger partial charge is 0.465 e. The van der Waals surface area contributed by atoms with Crippen LogP contribution in [0, 0.1) is 5.82 Å². The highest BCUT2D eigenvalue weighted by Crippen LogP contribution is 2.29. The van der Waals surface area contributed by atoms with Crippen LogP contribution in [0.15, 0.2) is 48.5 Å². The molecule has 2 rings (SSSR count). The summed E-state index contributed by atoms with van der Waals surface area (Å²) >= 11 is 0. The molecular weight excluding hydrogens is 313 g/mol. The second-order valence-electron chi connectivity index (χ2n) is 5.15. The lowest BCUT2D eigenvalue weighted by Crippen LogP contribution is -2.24. The van der Waals surface area contributed by atoms with E-state index in [0.717, 1.165) is 11.1 Å². The fourth-order valence-corrected chi connectivity index (χ4v) is 2.46. The maximum atomic E-state index is 13.2. The van der Waals surface area contributed by atoms with Gasteiger partial charge in [-0.3, -0.25) is 9.63 Å². The van der Waals surface area contributed by atoms with E-state index in [1.165, 1.54) is 26.4 Å². The van der Waals surface area contributed by atoms with Gasteiger partial charge in [-0.15, -0.1) is 0 Å². The standard InChI is InChI=1S/C18H18FNO4/c1-23-18(22)14-5-3-4-13(10-14)16(11-17(21)20-24-2)12-6-8-15(19)9-7-12/h3-10,16H,11H2,1-2H3,(H,20,21). The van der Waals surface area contributed by atoms with Gasteiger partial charge < -0.3 is 4.74 Å². The molecule has 126 valence electrons. The number of esters is 1. The molecule has 2 aromatic carbocycles. The van der Waals surface area contributed by atoms with Crippen LogP contribution >= 0.6 is 0 Å². The Hall–Kier alpha value is -2.73. The number of rotatable bonds is 6. The van der Waals surface area contributed by atoms with E-state index in [4.69, 9.17) is 4.74 Å². The lowest BCUT2D eigenvalue weighted by atomic mass is 9.87. The van der Waals surface area contributed by atoms with E-state index in [9.17, 15) is 14.0 Å². The molecule has 0 saturated heterocycles. The summed E-state index contributed by atoms with van der Waals surface area (Å²) in [7, 11) is 2.65. The van der Waals surface area contributed by atoms with Gasteiger partial charge in [0.05, 0.1) is 19.8 Å². The van der Waals surface area contributed by atoms with Crippen molar-refractivity contribution >= 4 is 11.9 Å². The Morgan fingerprint density at radius 3 is 2.42 bits per heavy atom. The molecule has 5 nitrogen and oxygen atoms in total. The zero-order valence-electron chi connectivity index (χ0n) is 13.4. The highest BCUT2D eigenvalue weighted by molar-refractivity contribution is 5.89. The van der Waals surface area contributed by atoms with Crippen molar-refractivity contribution in [1.29, 1.82) is 0 Å². The summed E-state index contributed by atoms with van der Waals surface area (Å²) in [6, 6.07) is 12.7. The average molecular weight is 331 g/mol. The van der Waals surface area contributed by atoms with E-state index < -0.39 is 5.97 Å². The molecule has 0 heterocycles. The molecule has 0 aliphatic rings. The summed E-state index contributed by atoms with van der Waals surface area (Å²) in [6.45, 7) is 0. The second-order valence-corrected chi connectivity index (χ2v) is 5.15. The van der Waals surface area contributed by atoms with Crippen molar-refractivity contribution in [3.05, 3.63) is 71.0 Å². The van der Waals surface area contributed by atoms with Crippen molar-refractivity contribution in [2.75, 3.05) is 14.2 Å². The predicted octanol–water partition coefficient (Wildman–Crippen LogP) is 2.81. The monoisotopic (exact) mass is 331 g/mol. The molecule has 1 unspecified atom stereocenters. The smallest absolute Gasteiger partial charge is 0.337 e. The number of nitrogens with one attached hydrogen (secondary N) is 1. The van der Waals surface area contributed by atoms with Gasteiger partial charge in [0.25, 0.3) is 0 Å². The first kappa shape index (κ1) is 17.6. The van der Waals surface area contributed by atoms with E-state index in [1.807, 2.05) is 0 Å². The predicted molar refractivity (Wildman–Crippen MR) is 85.8 cm³/mol. The third kappa shape index (κ3) is 4.39. The van der Waals surface area contributed by atoms with Gasteiger partial charge in [-0.1, -0.05) is 24.3 Å². The zero-order valence-corrected chi connectivity index (χ0v) is 13.4. The van der Waals surface area contributed by atoms with Crippen molar-refractivity contribution in [3.63, 3.8) is 0 Å². The molecule has 0 bridgehead atoms. The summed E-state index contributed by atoms with van der Waals surface area (Å²) in [5.41, 5.74) is 4.15. The summed E-state index contributed by atoms with van der Waals surface area (Å²) in [4.78, 5) is 28.3. The normalized spacial score (nSPS) is 11.6. The summed E-state index contributed by atoms with van der Waals surface area (Å²) in [5.74, 6) is -1.50. The van der Waals surface area contributed by atoms with Gasteiger partial charge >= 0.3 is 5.97 Å². The summed E-state index contributed by atoms with van der Waals surface area (Å²) in [6.07, 6.45) is 0.0874. The Morgan fingerprint density at radius 2 is 1.79 bits per heavy atom. The maximum Gasteiger partial charge on any atom is 0.337 e. The fraction of sp³-hybridized carbons (Fsp3) is 0.222. The fourth-order valence-electron chi connectivity index (χ4n) is 2.46. The van der Waals surface area contributed by atoms with Gasteiger partial charge in [0.15, 0.2) is 0 Å².